The van der Waals surface area contributed by atoms with E-state index >= 15 is 0 Å². The van der Waals surface area contributed by atoms with Gasteiger partial charge in [0.25, 0.3) is 0 Å². The lowest BCUT2D eigenvalue weighted by atomic mass is 10.1. The number of benzene rings is 18. The highest BCUT2D eigenvalue weighted by atomic mass is 32.1. The van der Waals surface area contributed by atoms with E-state index in [2.05, 4.69) is 428 Å². The molecule has 0 unspecified atom stereocenters. The maximum atomic E-state index is 6.12. The van der Waals surface area contributed by atoms with Gasteiger partial charge in [0.2, 0.25) is 0 Å². The van der Waals surface area contributed by atoms with Gasteiger partial charge in [0.1, 0.15) is 11.2 Å². The van der Waals surface area contributed by atoms with Gasteiger partial charge in [0.15, 0.2) is 0 Å². The fourth-order valence-electron chi connectivity index (χ4n) is 18.9. The van der Waals surface area contributed by atoms with E-state index < -0.39 is 0 Å². The molecule has 0 radical (unpaired) electrons. The van der Waals surface area contributed by atoms with Crippen molar-refractivity contribution in [2.75, 3.05) is 0 Å². The summed E-state index contributed by atoms with van der Waals surface area (Å²) in [6.07, 6.45) is 0. The van der Waals surface area contributed by atoms with Crippen LogP contribution < -0.4 is 0 Å². The van der Waals surface area contributed by atoms with Crippen LogP contribution in [-0.4, -0.2) is 27.4 Å². The Kier molecular flexibility index (Phi) is 14.8. The fourth-order valence-corrected chi connectivity index (χ4v) is 20.0. The Labute approximate surface area is 669 Å². The summed E-state index contributed by atoms with van der Waals surface area (Å²) in [5.74, 6) is 0. The number of furan rings is 1. The van der Waals surface area contributed by atoms with E-state index in [4.69, 9.17) is 4.42 Å². The predicted octanol–water partition coefficient (Wildman–Crippen LogP) is 29.6. The van der Waals surface area contributed by atoms with Crippen molar-refractivity contribution in [1.29, 1.82) is 0 Å². The molecule has 8 heterocycles. The SMILES string of the molecule is c1ccc(-c2cccc(-n3c4ccccc4c4cc(-n5c6ccccc6c6ccccc65)ccc43)c2)cc1.c1ccc2c(c1)oc1ccc(-n3c4ccccc4c4cc(-n5c6ccccc6c6ccccc65)ccc43)cc12.c1ccc2c(c1)sc1ccc(-n3c4ccccc4c4cc(-n5c6ccccc6c6ccccc65)ccc43)cc12. The van der Waals surface area contributed by atoms with Crippen LogP contribution in [0, 0.1) is 0 Å². The summed E-state index contributed by atoms with van der Waals surface area (Å²) >= 11 is 1.86. The van der Waals surface area contributed by atoms with E-state index in [0.717, 1.165) is 27.6 Å². The van der Waals surface area contributed by atoms with Crippen LogP contribution in [0.2, 0.25) is 0 Å². The Morgan fingerprint density at radius 2 is 0.405 bits per heavy atom. The van der Waals surface area contributed by atoms with E-state index in [-0.39, 0.29) is 0 Å². The summed E-state index contributed by atoms with van der Waals surface area (Å²) in [4.78, 5) is 0. The molecule has 0 spiro atoms. The summed E-state index contributed by atoms with van der Waals surface area (Å²) in [6.45, 7) is 0. The second-order valence-electron chi connectivity index (χ2n) is 30.2. The van der Waals surface area contributed by atoms with Gasteiger partial charge in [-0.3, -0.25) is 0 Å². The zero-order valence-corrected chi connectivity index (χ0v) is 63.6. The first-order chi connectivity index (χ1) is 57.6. The van der Waals surface area contributed by atoms with Gasteiger partial charge >= 0.3 is 0 Å². The topological polar surface area (TPSA) is 42.7 Å². The summed E-state index contributed by atoms with van der Waals surface area (Å²) in [5.41, 5.74) is 25.9. The van der Waals surface area contributed by atoms with Crippen molar-refractivity contribution in [3.05, 3.63) is 413 Å². The molecule has 8 aromatic heterocycles. The minimum absolute atomic E-state index is 0.911. The van der Waals surface area contributed by atoms with E-state index in [0.29, 0.717) is 0 Å². The summed E-state index contributed by atoms with van der Waals surface area (Å²) in [6, 6.07) is 149. The van der Waals surface area contributed by atoms with Crippen LogP contribution in [-0.2, 0) is 0 Å². The normalized spacial score (nSPS) is 12.0. The Morgan fingerprint density at radius 3 is 0.802 bits per heavy atom. The third-order valence-electron chi connectivity index (χ3n) is 23.9. The van der Waals surface area contributed by atoms with Gasteiger partial charge in [-0.25, -0.2) is 0 Å². The lowest BCUT2D eigenvalue weighted by Crippen LogP contribution is -1.96. The zero-order chi connectivity index (χ0) is 76.1. The number of hydrogen-bond donors (Lipinski definition) is 0. The Balaban J connectivity index is 0.0000001000. The molecule has 0 saturated carbocycles. The predicted molar refractivity (Wildman–Crippen MR) is 491 cm³/mol. The largest absolute Gasteiger partial charge is 0.456 e. The third-order valence-corrected chi connectivity index (χ3v) is 25.1. The molecular weight excluding hydrogens is 1430 g/mol. The lowest BCUT2D eigenvalue weighted by molar-refractivity contribution is 0.669. The van der Waals surface area contributed by atoms with Crippen molar-refractivity contribution in [3.63, 3.8) is 0 Å². The molecular formula is C108H68N6OS. The van der Waals surface area contributed by atoms with Crippen molar-refractivity contribution in [1.82, 2.24) is 27.4 Å². The number of nitrogens with zero attached hydrogens (tertiary/aromatic N) is 6. The molecule has 116 heavy (non-hydrogen) atoms. The Morgan fingerprint density at radius 1 is 0.147 bits per heavy atom. The van der Waals surface area contributed by atoms with Crippen molar-refractivity contribution >= 4 is 184 Å². The molecule has 26 aromatic rings. The Bertz CT molecular complexity index is 8000. The summed E-state index contributed by atoms with van der Waals surface area (Å²) in [7, 11) is 0. The van der Waals surface area contributed by atoms with Crippen LogP contribution in [0.25, 0.3) is 218 Å². The minimum Gasteiger partial charge on any atom is -0.456 e. The van der Waals surface area contributed by atoms with Crippen LogP contribution in [0.5, 0.6) is 0 Å². The first-order valence-electron chi connectivity index (χ1n) is 39.6. The highest BCUT2D eigenvalue weighted by Crippen LogP contribution is 2.44. The number of hydrogen-bond acceptors (Lipinski definition) is 2. The molecule has 8 heteroatoms. The van der Waals surface area contributed by atoms with E-state index in [1.54, 1.807) is 0 Å². The van der Waals surface area contributed by atoms with Gasteiger partial charge in [-0.05, 0) is 181 Å². The highest BCUT2D eigenvalue weighted by molar-refractivity contribution is 7.25. The number of para-hydroxylation sites is 10. The molecule has 0 saturated heterocycles. The van der Waals surface area contributed by atoms with Crippen molar-refractivity contribution in [3.8, 4) is 45.3 Å². The van der Waals surface area contributed by atoms with Crippen molar-refractivity contribution in [2.24, 2.45) is 0 Å². The first kappa shape index (κ1) is 65.5. The van der Waals surface area contributed by atoms with Gasteiger partial charge in [-0.2, -0.15) is 0 Å². The summed E-state index contributed by atoms with van der Waals surface area (Å²) < 4.78 is 23.2. The third kappa shape index (κ3) is 10.2. The quantitative estimate of drug-likeness (QED) is 0.157. The standard InChI is InChI=1S/C36H22N2O.C36H22N2S.C36H24N2/c2*1-5-13-31-25(9-1)26-10-2-6-14-32(26)37(31)23-17-19-34-29(21-23)27-11-3-7-15-33(27)38(34)24-18-20-36-30(22-24)28-12-4-8-16-35(28)39-36;1-2-11-25(12-3-1)26-13-10-14-27(23-26)37-35-20-9-6-17-31(35)32-24-28(21-22-36(32)37)38-33-18-7-4-15-29(33)30-16-5-8-19-34(30)38/h2*1-22H;1-24H. The van der Waals surface area contributed by atoms with Crippen molar-refractivity contribution < 1.29 is 4.42 Å². The van der Waals surface area contributed by atoms with Gasteiger partial charge in [-0.1, -0.05) is 243 Å². The number of thiophene rings is 1. The second-order valence-corrected chi connectivity index (χ2v) is 31.3. The molecule has 0 aliphatic heterocycles. The van der Waals surface area contributed by atoms with Gasteiger partial charge in [0.05, 0.1) is 66.2 Å². The van der Waals surface area contributed by atoms with Crippen molar-refractivity contribution in [2.45, 2.75) is 0 Å². The zero-order valence-electron chi connectivity index (χ0n) is 62.8. The van der Waals surface area contributed by atoms with Crippen LogP contribution in [0.4, 0.5) is 0 Å². The molecule has 0 aliphatic carbocycles. The van der Waals surface area contributed by atoms with Gasteiger partial charge in [0, 0.05) is 130 Å². The maximum Gasteiger partial charge on any atom is 0.135 e. The number of rotatable bonds is 7. The molecule has 542 valence electrons. The first-order valence-corrected chi connectivity index (χ1v) is 40.4. The molecule has 0 N–H and O–H groups in total. The Hall–Kier alpha value is -15.2. The molecule has 0 bridgehead atoms. The number of aromatic nitrogens is 6. The average Bonchev–Trinajstić information content (AvgIpc) is 1.58. The lowest BCUT2D eigenvalue weighted by Gasteiger charge is -2.11. The molecule has 0 amide bonds. The molecule has 0 atom stereocenters. The maximum absolute atomic E-state index is 6.12. The molecule has 0 fully saturated rings. The minimum atomic E-state index is 0.911. The molecule has 18 aromatic carbocycles. The van der Waals surface area contributed by atoms with Crippen LogP contribution >= 0.6 is 11.3 Å². The van der Waals surface area contributed by atoms with E-state index in [9.17, 15) is 0 Å². The monoisotopic (exact) mass is 1500 g/mol. The fraction of sp³-hybridized carbons (Fsp3) is 0. The molecule has 7 nitrogen and oxygen atoms in total. The van der Waals surface area contributed by atoms with Crippen LogP contribution in [0.1, 0.15) is 0 Å². The smallest absolute Gasteiger partial charge is 0.135 e. The number of fused-ring (bicyclic) bond motifs is 24. The van der Waals surface area contributed by atoms with Crippen LogP contribution in [0.3, 0.4) is 0 Å². The van der Waals surface area contributed by atoms with Gasteiger partial charge in [-0.15, -0.1) is 11.3 Å². The second kappa shape index (κ2) is 26.2. The van der Waals surface area contributed by atoms with E-state index in [1.807, 2.05) is 23.5 Å². The van der Waals surface area contributed by atoms with Gasteiger partial charge < -0.3 is 31.8 Å². The molecule has 0 aliphatic rings. The molecule has 26 rings (SSSR count). The average molecular weight is 1500 g/mol. The summed E-state index contributed by atoms with van der Waals surface area (Å²) in [5, 5.41) is 20.1. The van der Waals surface area contributed by atoms with Crippen LogP contribution in [0.15, 0.2) is 417 Å². The highest BCUT2D eigenvalue weighted by Gasteiger charge is 2.23. The van der Waals surface area contributed by atoms with E-state index in [1.165, 1.54) is 191 Å².